The standard InChI is InChI=1S/C15H18N2O2S/c18-15(19)8-11-4-3-7-17(9-11)10-14-16-12-5-1-2-6-13(12)20-14/h1-2,5-6,11H,3-4,7-10H2,(H,18,19). The van der Waals surface area contributed by atoms with Crippen LogP contribution in [0.1, 0.15) is 24.3 Å². The normalized spacial score (nSPS) is 20.3. The molecule has 1 N–H and O–H groups in total. The molecule has 2 aromatic rings. The number of carbonyl (C=O) groups is 1. The van der Waals surface area contributed by atoms with Crippen LogP contribution in [0.25, 0.3) is 10.2 Å². The molecule has 3 rings (SSSR count). The van der Waals surface area contributed by atoms with E-state index in [1.54, 1.807) is 11.3 Å². The van der Waals surface area contributed by atoms with Crippen molar-refractivity contribution in [2.24, 2.45) is 5.92 Å². The third-order valence-corrected chi connectivity index (χ3v) is 4.78. The molecular weight excluding hydrogens is 272 g/mol. The molecule has 1 fully saturated rings. The van der Waals surface area contributed by atoms with Gasteiger partial charge in [0.05, 0.1) is 16.8 Å². The molecule has 0 radical (unpaired) electrons. The van der Waals surface area contributed by atoms with Gasteiger partial charge in [0, 0.05) is 13.0 Å². The van der Waals surface area contributed by atoms with E-state index in [4.69, 9.17) is 5.11 Å². The third-order valence-electron chi connectivity index (χ3n) is 3.76. The van der Waals surface area contributed by atoms with Gasteiger partial charge in [0.25, 0.3) is 0 Å². The van der Waals surface area contributed by atoms with Crippen molar-refractivity contribution in [3.63, 3.8) is 0 Å². The van der Waals surface area contributed by atoms with Crippen LogP contribution in [-0.2, 0) is 11.3 Å². The monoisotopic (exact) mass is 290 g/mol. The van der Waals surface area contributed by atoms with Gasteiger partial charge in [-0.3, -0.25) is 9.69 Å². The van der Waals surface area contributed by atoms with Crippen molar-refractivity contribution in [2.75, 3.05) is 13.1 Å². The van der Waals surface area contributed by atoms with E-state index in [1.165, 1.54) is 4.70 Å². The Hall–Kier alpha value is -1.46. The van der Waals surface area contributed by atoms with Gasteiger partial charge in [-0.2, -0.15) is 0 Å². The number of piperidine rings is 1. The molecule has 5 heteroatoms. The van der Waals surface area contributed by atoms with E-state index < -0.39 is 5.97 Å². The van der Waals surface area contributed by atoms with E-state index in [2.05, 4.69) is 16.0 Å². The number of aromatic nitrogens is 1. The predicted octanol–water partition coefficient (Wildman–Crippen LogP) is 2.98. The fourth-order valence-corrected chi connectivity index (χ4v) is 3.90. The zero-order valence-electron chi connectivity index (χ0n) is 11.3. The molecule has 1 aromatic carbocycles. The van der Waals surface area contributed by atoms with Crippen LogP contribution in [0.3, 0.4) is 0 Å². The van der Waals surface area contributed by atoms with E-state index in [9.17, 15) is 4.79 Å². The second kappa shape index (κ2) is 5.89. The summed E-state index contributed by atoms with van der Waals surface area (Å²) in [4.78, 5) is 17.8. The van der Waals surface area contributed by atoms with Crippen LogP contribution in [0.15, 0.2) is 24.3 Å². The quantitative estimate of drug-likeness (QED) is 0.940. The van der Waals surface area contributed by atoms with Crippen molar-refractivity contribution >= 4 is 27.5 Å². The lowest BCUT2D eigenvalue weighted by molar-refractivity contribution is -0.138. The minimum atomic E-state index is -0.683. The average molecular weight is 290 g/mol. The molecule has 0 amide bonds. The van der Waals surface area contributed by atoms with Gasteiger partial charge >= 0.3 is 5.97 Å². The number of rotatable bonds is 4. The maximum atomic E-state index is 10.8. The fourth-order valence-electron chi connectivity index (χ4n) is 2.89. The van der Waals surface area contributed by atoms with Crippen molar-refractivity contribution in [1.29, 1.82) is 0 Å². The summed E-state index contributed by atoms with van der Waals surface area (Å²) in [7, 11) is 0. The van der Waals surface area contributed by atoms with Crippen LogP contribution < -0.4 is 0 Å². The number of carboxylic acids is 1. The van der Waals surface area contributed by atoms with Gasteiger partial charge in [0.1, 0.15) is 5.01 Å². The smallest absolute Gasteiger partial charge is 0.303 e. The number of benzene rings is 1. The van der Waals surface area contributed by atoms with Crippen molar-refractivity contribution in [2.45, 2.75) is 25.8 Å². The van der Waals surface area contributed by atoms with Gasteiger partial charge in [-0.25, -0.2) is 4.98 Å². The summed E-state index contributed by atoms with van der Waals surface area (Å²) in [5, 5.41) is 10.0. The fraction of sp³-hybridized carbons (Fsp3) is 0.467. The molecule has 0 saturated carbocycles. The Labute approximate surface area is 122 Å². The number of para-hydroxylation sites is 1. The molecule has 1 aromatic heterocycles. The van der Waals surface area contributed by atoms with Crippen LogP contribution in [0.4, 0.5) is 0 Å². The number of hydrogen-bond donors (Lipinski definition) is 1. The Kier molecular flexibility index (Phi) is 3.98. The third kappa shape index (κ3) is 3.16. The lowest BCUT2D eigenvalue weighted by Crippen LogP contribution is -2.35. The molecule has 0 spiro atoms. The van der Waals surface area contributed by atoms with E-state index in [1.807, 2.05) is 18.2 Å². The SMILES string of the molecule is O=C(O)CC1CCCN(Cc2nc3ccccc3s2)C1. The predicted molar refractivity (Wildman–Crippen MR) is 79.9 cm³/mol. The summed E-state index contributed by atoms with van der Waals surface area (Å²) < 4.78 is 1.22. The minimum Gasteiger partial charge on any atom is -0.481 e. The number of aliphatic carboxylic acids is 1. The number of thiazole rings is 1. The second-order valence-corrected chi connectivity index (χ2v) is 6.53. The second-order valence-electron chi connectivity index (χ2n) is 5.42. The van der Waals surface area contributed by atoms with Gasteiger partial charge in [-0.15, -0.1) is 11.3 Å². The van der Waals surface area contributed by atoms with Crippen LogP contribution in [0.5, 0.6) is 0 Å². The lowest BCUT2D eigenvalue weighted by Gasteiger charge is -2.31. The Morgan fingerprint density at radius 2 is 2.30 bits per heavy atom. The van der Waals surface area contributed by atoms with Crippen molar-refractivity contribution < 1.29 is 9.90 Å². The molecule has 4 nitrogen and oxygen atoms in total. The molecule has 1 saturated heterocycles. The van der Waals surface area contributed by atoms with Crippen LogP contribution >= 0.6 is 11.3 Å². The number of fused-ring (bicyclic) bond motifs is 1. The molecular formula is C15H18N2O2S. The molecule has 20 heavy (non-hydrogen) atoms. The van der Waals surface area contributed by atoms with Crippen LogP contribution in [-0.4, -0.2) is 34.0 Å². The summed E-state index contributed by atoms with van der Waals surface area (Å²) in [5.41, 5.74) is 1.06. The summed E-state index contributed by atoms with van der Waals surface area (Å²) >= 11 is 1.74. The Morgan fingerprint density at radius 1 is 1.45 bits per heavy atom. The first-order valence-electron chi connectivity index (χ1n) is 6.99. The molecule has 0 aliphatic carbocycles. The molecule has 2 heterocycles. The highest BCUT2D eigenvalue weighted by atomic mass is 32.1. The molecule has 1 atom stereocenters. The Bertz CT molecular complexity index is 578. The zero-order valence-corrected chi connectivity index (χ0v) is 12.1. The first kappa shape index (κ1) is 13.5. The highest BCUT2D eigenvalue weighted by Crippen LogP contribution is 2.25. The Balaban J connectivity index is 1.66. The number of likely N-dealkylation sites (tertiary alicyclic amines) is 1. The van der Waals surface area contributed by atoms with Crippen molar-refractivity contribution in [1.82, 2.24) is 9.88 Å². The number of carboxylic acid groups (broad SMARTS) is 1. The van der Waals surface area contributed by atoms with Gasteiger partial charge < -0.3 is 5.11 Å². The van der Waals surface area contributed by atoms with E-state index in [0.717, 1.165) is 43.0 Å². The number of nitrogens with zero attached hydrogens (tertiary/aromatic N) is 2. The topological polar surface area (TPSA) is 53.4 Å². The maximum absolute atomic E-state index is 10.8. The summed E-state index contributed by atoms with van der Waals surface area (Å²) in [5.74, 6) is -0.396. The molecule has 1 aliphatic heterocycles. The molecule has 106 valence electrons. The molecule has 1 aliphatic rings. The van der Waals surface area contributed by atoms with Crippen LogP contribution in [0, 0.1) is 5.92 Å². The average Bonchev–Trinajstić information content (AvgIpc) is 2.80. The molecule has 0 bridgehead atoms. The largest absolute Gasteiger partial charge is 0.481 e. The Morgan fingerprint density at radius 3 is 3.10 bits per heavy atom. The maximum Gasteiger partial charge on any atom is 0.303 e. The van der Waals surface area contributed by atoms with Crippen molar-refractivity contribution in [3.8, 4) is 0 Å². The summed E-state index contributed by atoms with van der Waals surface area (Å²) in [6, 6.07) is 8.18. The van der Waals surface area contributed by atoms with E-state index in [-0.39, 0.29) is 12.3 Å². The highest BCUT2D eigenvalue weighted by molar-refractivity contribution is 7.18. The first-order chi connectivity index (χ1) is 9.70. The van der Waals surface area contributed by atoms with Crippen LogP contribution in [0.2, 0.25) is 0 Å². The van der Waals surface area contributed by atoms with Crippen molar-refractivity contribution in [3.05, 3.63) is 29.3 Å². The van der Waals surface area contributed by atoms with E-state index >= 15 is 0 Å². The number of hydrogen-bond acceptors (Lipinski definition) is 4. The first-order valence-corrected chi connectivity index (χ1v) is 7.81. The van der Waals surface area contributed by atoms with Gasteiger partial charge in [0.2, 0.25) is 0 Å². The summed E-state index contributed by atoms with van der Waals surface area (Å²) in [6.45, 7) is 2.77. The zero-order chi connectivity index (χ0) is 13.9. The highest BCUT2D eigenvalue weighted by Gasteiger charge is 2.22. The van der Waals surface area contributed by atoms with Gasteiger partial charge in [0.15, 0.2) is 0 Å². The van der Waals surface area contributed by atoms with E-state index in [0.29, 0.717) is 0 Å². The van der Waals surface area contributed by atoms with Gasteiger partial charge in [-0.05, 0) is 37.4 Å². The van der Waals surface area contributed by atoms with Gasteiger partial charge in [-0.1, -0.05) is 12.1 Å². The lowest BCUT2D eigenvalue weighted by atomic mass is 9.95. The minimum absolute atomic E-state index is 0.288. The molecule has 1 unspecified atom stereocenters. The summed E-state index contributed by atoms with van der Waals surface area (Å²) in [6.07, 6.45) is 2.40.